The summed E-state index contributed by atoms with van der Waals surface area (Å²) in [5.74, 6) is 0. The van der Waals surface area contributed by atoms with E-state index in [1.165, 1.54) is 11.4 Å². The third kappa shape index (κ3) is 2.85. The summed E-state index contributed by atoms with van der Waals surface area (Å²) in [6, 6.07) is 11.7. The fourth-order valence-electron chi connectivity index (χ4n) is 1.83. The predicted molar refractivity (Wildman–Crippen MR) is 85.9 cm³/mol. The Morgan fingerprint density at radius 3 is 2.30 bits per heavy atom. The maximum absolute atomic E-state index is 12.6. The number of anilines is 1. The Morgan fingerprint density at radius 2 is 1.70 bits per heavy atom. The maximum Gasteiger partial charge on any atom is 0.264 e. The molecule has 0 saturated carbocycles. The summed E-state index contributed by atoms with van der Waals surface area (Å²) in [6.45, 7) is 1.80. The van der Waals surface area contributed by atoms with Gasteiger partial charge in [-0.2, -0.15) is 0 Å². The highest BCUT2D eigenvalue weighted by atomic mass is 79.9. The van der Waals surface area contributed by atoms with E-state index in [1.807, 2.05) is 0 Å². The Kier molecular flexibility index (Phi) is 4.42. The molecule has 0 fully saturated rings. The van der Waals surface area contributed by atoms with Crippen LogP contribution < -0.4 is 4.31 Å². The molecule has 0 atom stereocenters. The van der Waals surface area contributed by atoms with Crippen LogP contribution in [0.2, 0.25) is 5.02 Å². The Hall–Kier alpha value is -1.04. The van der Waals surface area contributed by atoms with E-state index in [9.17, 15) is 8.42 Å². The van der Waals surface area contributed by atoms with Crippen molar-refractivity contribution in [3.63, 3.8) is 0 Å². The van der Waals surface area contributed by atoms with Crippen LogP contribution >= 0.6 is 27.5 Å². The van der Waals surface area contributed by atoms with Crippen LogP contribution in [-0.2, 0) is 10.0 Å². The summed E-state index contributed by atoms with van der Waals surface area (Å²) < 4.78 is 27.2. The number of hydrogen-bond donors (Lipinski definition) is 0. The second-order valence-electron chi connectivity index (χ2n) is 4.31. The molecule has 0 saturated heterocycles. The van der Waals surface area contributed by atoms with Gasteiger partial charge in [0.1, 0.15) is 0 Å². The number of halogens is 2. The lowest BCUT2D eigenvalue weighted by molar-refractivity contribution is 0.594. The first-order valence-electron chi connectivity index (χ1n) is 5.83. The molecule has 0 unspecified atom stereocenters. The van der Waals surface area contributed by atoms with E-state index >= 15 is 0 Å². The normalized spacial score (nSPS) is 11.4. The molecular weight excluding hydrogens is 362 g/mol. The highest BCUT2D eigenvalue weighted by molar-refractivity contribution is 9.10. The summed E-state index contributed by atoms with van der Waals surface area (Å²) in [5, 5.41) is 0.542. The minimum atomic E-state index is -3.59. The molecule has 2 aromatic rings. The minimum Gasteiger partial charge on any atom is -0.269 e. The van der Waals surface area contributed by atoms with E-state index < -0.39 is 10.0 Å². The van der Waals surface area contributed by atoms with Crippen molar-refractivity contribution in [1.29, 1.82) is 0 Å². The van der Waals surface area contributed by atoms with Gasteiger partial charge in [-0.15, -0.1) is 0 Å². The fourth-order valence-corrected chi connectivity index (χ4v) is 3.52. The molecule has 2 aromatic carbocycles. The number of hydrogen-bond acceptors (Lipinski definition) is 2. The molecule has 0 aliphatic rings. The average molecular weight is 375 g/mol. The zero-order valence-electron chi connectivity index (χ0n) is 11.0. The summed E-state index contributed by atoms with van der Waals surface area (Å²) in [6.07, 6.45) is 0. The molecule has 0 bridgehead atoms. The SMILES string of the molecule is Cc1c(Cl)cccc1N(C)S(=O)(=O)c1ccc(Br)cc1. The lowest BCUT2D eigenvalue weighted by Gasteiger charge is -2.22. The molecule has 2 rings (SSSR count). The second kappa shape index (κ2) is 5.76. The first-order chi connectivity index (χ1) is 9.34. The molecule has 0 aromatic heterocycles. The molecule has 0 heterocycles. The second-order valence-corrected chi connectivity index (χ2v) is 7.60. The first kappa shape index (κ1) is 15.4. The minimum absolute atomic E-state index is 0.238. The molecule has 106 valence electrons. The Bertz CT molecular complexity index is 729. The molecule has 3 nitrogen and oxygen atoms in total. The van der Waals surface area contributed by atoms with E-state index in [-0.39, 0.29) is 4.90 Å². The van der Waals surface area contributed by atoms with Gasteiger partial charge >= 0.3 is 0 Å². The van der Waals surface area contributed by atoms with Crippen LogP contribution in [0.4, 0.5) is 5.69 Å². The van der Waals surface area contributed by atoms with Gasteiger partial charge in [0, 0.05) is 16.5 Å². The van der Waals surface area contributed by atoms with Crippen LogP contribution in [0.1, 0.15) is 5.56 Å². The third-order valence-corrected chi connectivity index (χ3v) is 5.77. The van der Waals surface area contributed by atoms with Crippen LogP contribution in [0.3, 0.4) is 0 Å². The maximum atomic E-state index is 12.6. The van der Waals surface area contributed by atoms with Crippen molar-refractivity contribution in [3.05, 3.63) is 57.5 Å². The molecular formula is C14H13BrClNO2S. The Balaban J connectivity index is 2.49. The van der Waals surface area contributed by atoms with Gasteiger partial charge in [-0.05, 0) is 48.9 Å². The van der Waals surface area contributed by atoms with Crippen LogP contribution in [0.25, 0.3) is 0 Å². The molecule has 0 N–H and O–H groups in total. The van der Waals surface area contributed by atoms with E-state index in [4.69, 9.17) is 11.6 Å². The standard InChI is InChI=1S/C14H13BrClNO2S/c1-10-13(16)4-3-5-14(10)17(2)20(18,19)12-8-6-11(15)7-9-12/h3-9H,1-2H3. The van der Waals surface area contributed by atoms with Gasteiger partial charge in [0.25, 0.3) is 10.0 Å². The lowest BCUT2D eigenvalue weighted by atomic mass is 10.2. The van der Waals surface area contributed by atoms with Crippen molar-refractivity contribution in [2.24, 2.45) is 0 Å². The van der Waals surface area contributed by atoms with Crippen molar-refractivity contribution >= 4 is 43.2 Å². The summed E-state index contributed by atoms with van der Waals surface area (Å²) >= 11 is 9.34. The molecule has 20 heavy (non-hydrogen) atoms. The predicted octanol–water partition coefficient (Wildman–Crippen LogP) is 4.24. The van der Waals surface area contributed by atoms with Gasteiger partial charge in [-0.25, -0.2) is 8.42 Å². The number of nitrogens with zero attached hydrogens (tertiary/aromatic N) is 1. The smallest absolute Gasteiger partial charge is 0.264 e. The average Bonchev–Trinajstić information content (AvgIpc) is 2.41. The van der Waals surface area contributed by atoms with Crippen molar-refractivity contribution < 1.29 is 8.42 Å². The molecule has 0 spiro atoms. The zero-order valence-corrected chi connectivity index (χ0v) is 14.1. The van der Waals surface area contributed by atoms with Gasteiger partial charge in [0.15, 0.2) is 0 Å². The molecule has 0 aliphatic carbocycles. The number of rotatable bonds is 3. The lowest BCUT2D eigenvalue weighted by Crippen LogP contribution is -2.27. The van der Waals surface area contributed by atoms with E-state index in [2.05, 4.69) is 15.9 Å². The zero-order chi connectivity index (χ0) is 14.9. The summed E-state index contributed by atoms with van der Waals surface area (Å²) in [5.41, 5.74) is 1.30. The van der Waals surface area contributed by atoms with Crippen molar-refractivity contribution in [2.45, 2.75) is 11.8 Å². The van der Waals surface area contributed by atoms with Crippen LogP contribution in [0.5, 0.6) is 0 Å². The number of sulfonamides is 1. The van der Waals surface area contributed by atoms with Gasteiger partial charge < -0.3 is 0 Å². The van der Waals surface area contributed by atoms with E-state index in [0.29, 0.717) is 10.7 Å². The summed E-state index contributed by atoms with van der Waals surface area (Å²) in [4.78, 5) is 0.238. The monoisotopic (exact) mass is 373 g/mol. The van der Waals surface area contributed by atoms with Gasteiger partial charge in [-0.1, -0.05) is 33.6 Å². The van der Waals surface area contributed by atoms with Crippen molar-refractivity contribution in [3.8, 4) is 0 Å². The van der Waals surface area contributed by atoms with Gasteiger partial charge in [0.05, 0.1) is 10.6 Å². The fraction of sp³-hybridized carbons (Fsp3) is 0.143. The molecule has 0 amide bonds. The topological polar surface area (TPSA) is 37.4 Å². The molecule has 6 heteroatoms. The third-order valence-electron chi connectivity index (χ3n) is 3.05. The van der Waals surface area contributed by atoms with Gasteiger partial charge in [0.2, 0.25) is 0 Å². The van der Waals surface area contributed by atoms with Crippen LogP contribution in [0.15, 0.2) is 51.8 Å². The van der Waals surface area contributed by atoms with Crippen LogP contribution in [-0.4, -0.2) is 15.5 Å². The largest absolute Gasteiger partial charge is 0.269 e. The van der Waals surface area contributed by atoms with E-state index in [0.717, 1.165) is 10.0 Å². The van der Waals surface area contributed by atoms with Crippen LogP contribution in [0, 0.1) is 6.92 Å². The molecule has 0 aliphatic heterocycles. The van der Waals surface area contributed by atoms with Gasteiger partial charge in [-0.3, -0.25) is 4.31 Å². The Labute approximate surface area is 132 Å². The number of benzene rings is 2. The highest BCUT2D eigenvalue weighted by Crippen LogP contribution is 2.29. The Morgan fingerprint density at radius 1 is 1.10 bits per heavy atom. The highest BCUT2D eigenvalue weighted by Gasteiger charge is 2.22. The summed E-state index contributed by atoms with van der Waals surface area (Å²) in [7, 11) is -2.07. The molecule has 0 radical (unpaired) electrons. The van der Waals surface area contributed by atoms with Crippen molar-refractivity contribution in [2.75, 3.05) is 11.4 Å². The van der Waals surface area contributed by atoms with E-state index in [1.54, 1.807) is 49.4 Å². The quantitative estimate of drug-likeness (QED) is 0.806. The van der Waals surface area contributed by atoms with Crippen molar-refractivity contribution in [1.82, 2.24) is 0 Å². The first-order valence-corrected chi connectivity index (χ1v) is 8.45.